The molecule has 0 bridgehead atoms. The molecule has 0 saturated heterocycles. The fraction of sp³-hybridized carbons (Fsp3) is 0.133. The van der Waals surface area contributed by atoms with Gasteiger partial charge in [0.2, 0.25) is 0 Å². The van der Waals surface area contributed by atoms with Crippen molar-refractivity contribution in [1.29, 1.82) is 0 Å². The van der Waals surface area contributed by atoms with Crippen LogP contribution in [-0.2, 0) is 12.7 Å². The zero-order valence-electron chi connectivity index (χ0n) is 12.0. The second kappa shape index (κ2) is 5.91. The van der Waals surface area contributed by atoms with Gasteiger partial charge in [-0.15, -0.1) is 0 Å². The predicted octanol–water partition coefficient (Wildman–Crippen LogP) is 3.05. The van der Waals surface area contributed by atoms with Crippen LogP contribution in [0.3, 0.4) is 0 Å². The number of para-hydroxylation sites is 1. The zero-order chi connectivity index (χ0) is 17.3. The fourth-order valence-electron chi connectivity index (χ4n) is 2.10. The van der Waals surface area contributed by atoms with Crippen LogP contribution in [0.5, 0.6) is 0 Å². The van der Waals surface area contributed by atoms with E-state index < -0.39 is 23.6 Å². The summed E-state index contributed by atoms with van der Waals surface area (Å²) in [5.74, 6) is -1.20. The lowest BCUT2D eigenvalue weighted by Crippen LogP contribution is -2.24. The number of alkyl halides is 3. The van der Waals surface area contributed by atoms with E-state index in [9.17, 15) is 22.4 Å². The summed E-state index contributed by atoms with van der Waals surface area (Å²) in [4.78, 5) is 16.0. The number of pyridine rings is 1. The Morgan fingerprint density at radius 1 is 1.21 bits per heavy atom. The van der Waals surface area contributed by atoms with E-state index in [2.05, 4.69) is 20.5 Å². The van der Waals surface area contributed by atoms with E-state index in [4.69, 9.17) is 0 Å². The highest BCUT2D eigenvalue weighted by Gasteiger charge is 2.33. The first-order valence-corrected chi connectivity index (χ1v) is 6.79. The summed E-state index contributed by atoms with van der Waals surface area (Å²) < 4.78 is 51.0. The minimum absolute atomic E-state index is 0.0387. The number of carbonyl (C=O) groups is 1. The molecule has 2 heterocycles. The average Bonchev–Trinajstić information content (AvgIpc) is 3.02. The van der Waals surface area contributed by atoms with Crippen LogP contribution in [0, 0.1) is 5.82 Å². The van der Waals surface area contributed by atoms with Crippen LogP contribution in [0.2, 0.25) is 0 Å². The number of amides is 1. The molecule has 1 aromatic carbocycles. The van der Waals surface area contributed by atoms with Crippen molar-refractivity contribution in [3.05, 3.63) is 59.3 Å². The molecule has 124 valence electrons. The molecular formula is C15H10F4N4O. The molecule has 9 heteroatoms. The SMILES string of the molecule is O=C(NCc1cc(C(F)(F)F)n[nH]1)c1ccc2cccc(F)c2n1. The fourth-order valence-corrected chi connectivity index (χ4v) is 2.10. The molecule has 0 aliphatic carbocycles. The molecular weight excluding hydrogens is 328 g/mol. The number of hydrogen-bond donors (Lipinski definition) is 2. The summed E-state index contributed by atoms with van der Waals surface area (Å²) in [7, 11) is 0. The molecule has 2 aromatic heterocycles. The van der Waals surface area contributed by atoms with E-state index in [1.807, 2.05) is 0 Å². The van der Waals surface area contributed by atoms with Gasteiger partial charge in [-0.1, -0.05) is 18.2 Å². The second-order valence-electron chi connectivity index (χ2n) is 4.97. The van der Waals surface area contributed by atoms with Crippen molar-refractivity contribution in [2.75, 3.05) is 0 Å². The Morgan fingerprint density at radius 3 is 2.71 bits per heavy atom. The Kier molecular flexibility index (Phi) is 3.92. The van der Waals surface area contributed by atoms with Crippen LogP contribution in [0.4, 0.5) is 17.6 Å². The van der Waals surface area contributed by atoms with Crippen molar-refractivity contribution in [1.82, 2.24) is 20.5 Å². The smallest absolute Gasteiger partial charge is 0.345 e. The van der Waals surface area contributed by atoms with E-state index in [0.717, 1.165) is 6.07 Å². The van der Waals surface area contributed by atoms with E-state index >= 15 is 0 Å². The maximum atomic E-state index is 13.7. The van der Waals surface area contributed by atoms with E-state index in [-0.39, 0.29) is 23.4 Å². The van der Waals surface area contributed by atoms with Gasteiger partial charge in [0, 0.05) is 5.39 Å². The van der Waals surface area contributed by atoms with E-state index in [1.165, 1.54) is 24.3 Å². The molecule has 0 aliphatic heterocycles. The molecule has 0 radical (unpaired) electrons. The van der Waals surface area contributed by atoms with Gasteiger partial charge in [-0.3, -0.25) is 9.89 Å². The summed E-state index contributed by atoms with van der Waals surface area (Å²) in [6.45, 7) is -0.196. The number of aromatic nitrogens is 3. The summed E-state index contributed by atoms with van der Waals surface area (Å²) in [5, 5.41) is 8.26. The minimum atomic E-state index is -4.56. The minimum Gasteiger partial charge on any atom is -0.345 e. The van der Waals surface area contributed by atoms with Crippen molar-refractivity contribution < 1.29 is 22.4 Å². The van der Waals surface area contributed by atoms with E-state index in [0.29, 0.717) is 5.39 Å². The van der Waals surface area contributed by atoms with Crippen molar-refractivity contribution in [2.24, 2.45) is 0 Å². The molecule has 3 aromatic rings. The first kappa shape index (κ1) is 15.9. The van der Waals surface area contributed by atoms with Gasteiger partial charge in [-0.25, -0.2) is 9.37 Å². The highest BCUT2D eigenvalue weighted by atomic mass is 19.4. The third kappa shape index (κ3) is 3.19. The molecule has 0 aliphatic rings. The summed E-state index contributed by atoms with van der Waals surface area (Å²) >= 11 is 0. The number of fused-ring (bicyclic) bond motifs is 1. The standard InChI is InChI=1S/C15H10F4N4O/c16-10-3-1-2-8-4-5-11(21-13(8)10)14(24)20-7-9-6-12(23-22-9)15(17,18)19/h1-6H,7H2,(H,20,24)(H,22,23). The number of aromatic amines is 1. The number of rotatable bonds is 3. The van der Waals surface area contributed by atoms with Gasteiger partial charge in [0.15, 0.2) is 5.69 Å². The molecule has 2 N–H and O–H groups in total. The number of halogens is 4. The lowest BCUT2D eigenvalue weighted by molar-refractivity contribution is -0.141. The highest BCUT2D eigenvalue weighted by molar-refractivity contribution is 5.94. The van der Waals surface area contributed by atoms with Crippen molar-refractivity contribution >= 4 is 16.8 Å². The number of nitrogens with zero attached hydrogens (tertiary/aromatic N) is 2. The summed E-state index contributed by atoms with van der Waals surface area (Å²) in [6, 6.07) is 8.14. The van der Waals surface area contributed by atoms with Crippen molar-refractivity contribution in [2.45, 2.75) is 12.7 Å². The van der Waals surface area contributed by atoms with Crippen LogP contribution in [0.15, 0.2) is 36.4 Å². The van der Waals surface area contributed by atoms with Crippen LogP contribution >= 0.6 is 0 Å². The first-order chi connectivity index (χ1) is 11.3. The van der Waals surface area contributed by atoms with Gasteiger partial charge < -0.3 is 5.32 Å². The van der Waals surface area contributed by atoms with Crippen LogP contribution < -0.4 is 5.32 Å². The van der Waals surface area contributed by atoms with Crippen molar-refractivity contribution in [3.8, 4) is 0 Å². The molecule has 5 nitrogen and oxygen atoms in total. The predicted molar refractivity (Wildman–Crippen MR) is 76.5 cm³/mol. The summed E-state index contributed by atoms with van der Waals surface area (Å²) in [6.07, 6.45) is -4.56. The zero-order valence-corrected chi connectivity index (χ0v) is 12.0. The Labute approximate surface area is 132 Å². The maximum absolute atomic E-state index is 13.7. The molecule has 0 saturated carbocycles. The Balaban J connectivity index is 1.73. The van der Waals surface area contributed by atoms with Crippen LogP contribution in [-0.4, -0.2) is 21.1 Å². The number of carbonyl (C=O) groups excluding carboxylic acids is 1. The van der Waals surface area contributed by atoms with Gasteiger partial charge >= 0.3 is 6.18 Å². The molecule has 0 spiro atoms. The highest BCUT2D eigenvalue weighted by Crippen LogP contribution is 2.27. The first-order valence-electron chi connectivity index (χ1n) is 6.79. The topological polar surface area (TPSA) is 70.7 Å². The van der Waals surface area contributed by atoms with Gasteiger partial charge in [0.25, 0.3) is 5.91 Å². The number of benzene rings is 1. The largest absolute Gasteiger partial charge is 0.435 e. The van der Waals surface area contributed by atoms with Crippen LogP contribution in [0.1, 0.15) is 21.9 Å². The molecule has 0 fully saturated rings. The Hall–Kier alpha value is -2.97. The van der Waals surface area contributed by atoms with Crippen molar-refractivity contribution in [3.63, 3.8) is 0 Å². The lowest BCUT2D eigenvalue weighted by atomic mass is 10.2. The normalized spacial score (nSPS) is 11.7. The number of hydrogen-bond acceptors (Lipinski definition) is 3. The van der Waals surface area contributed by atoms with Gasteiger partial charge in [-0.2, -0.15) is 18.3 Å². The van der Waals surface area contributed by atoms with Gasteiger partial charge in [-0.05, 0) is 18.2 Å². The maximum Gasteiger partial charge on any atom is 0.435 e. The second-order valence-corrected chi connectivity index (χ2v) is 4.97. The third-order valence-corrected chi connectivity index (χ3v) is 3.26. The third-order valence-electron chi connectivity index (χ3n) is 3.26. The lowest BCUT2D eigenvalue weighted by Gasteiger charge is -2.05. The molecule has 0 atom stereocenters. The monoisotopic (exact) mass is 338 g/mol. The number of nitrogens with one attached hydrogen (secondary N) is 2. The van der Waals surface area contributed by atoms with Gasteiger partial charge in [0.1, 0.15) is 17.0 Å². The molecule has 1 amide bonds. The molecule has 24 heavy (non-hydrogen) atoms. The Morgan fingerprint density at radius 2 is 2.00 bits per heavy atom. The average molecular weight is 338 g/mol. The number of H-pyrrole nitrogens is 1. The molecule has 3 rings (SSSR count). The summed E-state index contributed by atoms with van der Waals surface area (Å²) in [5.41, 5.74) is -0.977. The quantitative estimate of drug-likeness (QED) is 0.721. The van der Waals surface area contributed by atoms with Crippen LogP contribution in [0.25, 0.3) is 10.9 Å². The molecule has 0 unspecified atom stereocenters. The Bertz CT molecular complexity index is 904. The van der Waals surface area contributed by atoms with Gasteiger partial charge in [0.05, 0.1) is 12.2 Å². The van der Waals surface area contributed by atoms with E-state index in [1.54, 1.807) is 6.07 Å².